The summed E-state index contributed by atoms with van der Waals surface area (Å²) in [5.74, 6) is 0.345. The van der Waals surface area contributed by atoms with Crippen molar-refractivity contribution in [3.05, 3.63) is 28.7 Å². The van der Waals surface area contributed by atoms with E-state index in [2.05, 4.69) is 15.0 Å². The number of aryl methyl sites for hydroxylation is 1. The molecule has 0 amide bonds. The smallest absolute Gasteiger partial charge is 0.357 e. The Morgan fingerprint density at radius 3 is 2.93 bits per heavy atom. The number of fused-ring (bicyclic) bond motifs is 3. The van der Waals surface area contributed by atoms with Crippen molar-refractivity contribution in [3.8, 4) is 0 Å². The van der Waals surface area contributed by atoms with Gasteiger partial charge in [0.1, 0.15) is 20.6 Å². The summed E-state index contributed by atoms with van der Waals surface area (Å²) in [7, 11) is 0. The summed E-state index contributed by atoms with van der Waals surface area (Å²) in [4.78, 5) is 24.7. The lowest BCUT2D eigenvalue weighted by atomic mass is 10.4. The third-order valence-electron chi connectivity index (χ3n) is 2.00. The van der Waals surface area contributed by atoms with Crippen LogP contribution in [0.4, 0.5) is 0 Å². The third-order valence-corrected chi connectivity index (χ3v) is 3.05. The summed E-state index contributed by atoms with van der Waals surface area (Å²) >= 11 is 1.25. The largest absolute Gasteiger partial charge is 0.408 e. The second-order valence-corrected chi connectivity index (χ2v) is 4.01. The molecule has 0 bridgehead atoms. The van der Waals surface area contributed by atoms with E-state index in [9.17, 15) is 4.79 Å². The van der Waals surface area contributed by atoms with Crippen molar-refractivity contribution in [3.63, 3.8) is 0 Å². The van der Waals surface area contributed by atoms with Crippen LogP contribution >= 0.6 is 11.3 Å². The lowest BCUT2D eigenvalue weighted by molar-refractivity contribution is 0.468. The maximum absolute atomic E-state index is 11.5. The van der Waals surface area contributed by atoms with Crippen LogP contribution in [0.3, 0.4) is 0 Å². The summed E-state index contributed by atoms with van der Waals surface area (Å²) in [6, 6.07) is 0. The van der Waals surface area contributed by atoms with Crippen LogP contribution in [-0.4, -0.2) is 15.0 Å². The summed E-state index contributed by atoms with van der Waals surface area (Å²) < 4.78 is 5.38. The van der Waals surface area contributed by atoms with E-state index in [1.165, 1.54) is 11.3 Å². The lowest BCUT2D eigenvalue weighted by Gasteiger charge is -1.90. The highest BCUT2D eigenvalue weighted by Crippen LogP contribution is 2.26. The topological polar surface area (TPSA) is 68.9 Å². The highest BCUT2D eigenvalue weighted by atomic mass is 32.1. The molecule has 0 saturated heterocycles. The van der Waals surface area contributed by atoms with Crippen LogP contribution in [0.15, 0.2) is 21.6 Å². The lowest BCUT2D eigenvalue weighted by Crippen LogP contribution is -1.99. The van der Waals surface area contributed by atoms with Crippen molar-refractivity contribution >= 4 is 31.9 Å². The molecule has 0 aromatic carbocycles. The van der Waals surface area contributed by atoms with Gasteiger partial charge < -0.3 is 4.42 Å². The Kier molecular flexibility index (Phi) is 1.60. The first-order chi connectivity index (χ1) is 7.25. The first-order valence-corrected chi connectivity index (χ1v) is 5.08. The van der Waals surface area contributed by atoms with Crippen LogP contribution < -0.4 is 5.63 Å². The highest BCUT2D eigenvalue weighted by Gasteiger charge is 2.12. The molecule has 3 heterocycles. The maximum Gasteiger partial charge on any atom is 0.357 e. The van der Waals surface area contributed by atoms with Gasteiger partial charge in [0.2, 0.25) is 0 Å². The Labute approximate surface area is 87.4 Å². The van der Waals surface area contributed by atoms with Gasteiger partial charge in [-0.3, -0.25) is 0 Å². The molecule has 0 saturated carbocycles. The molecule has 0 aliphatic rings. The minimum Gasteiger partial charge on any atom is -0.408 e. The van der Waals surface area contributed by atoms with Gasteiger partial charge in [0.25, 0.3) is 0 Å². The third kappa shape index (κ3) is 1.15. The van der Waals surface area contributed by atoms with Gasteiger partial charge in [-0.15, -0.1) is 11.3 Å². The molecule has 0 aliphatic carbocycles. The molecule has 3 aromatic heterocycles. The van der Waals surface area contributed by atoms with Crippen LogP contribution in [0.2, 0.25) is 0 Å². The van der Waals surface area contributed by atoms with Gasteiger partial charge in [-0.2, -0.15) is 0 Å². The zero-order valence-corrected chi connectivity index (χ0v) is 8.54. The molecular weight excluding hydrogens is 214 g/mol. The summed E-state index contributed by atoms with van der Waals surface area (Å²) in [5.41, 5.74) is 0.868. The Hall–Kier alpha value is -1.82. The van der Waals surface area contributed by atoms with E-state index in [0.29, 0.717) is 26.5 Å². The predicted molar refractivity (Wildman–Crippen MR) is 56.0 cm³/mol. The van der Waals surface area contributed by atoms with E-state index in [1.807, 2.05) is 0 Å². The molecule has 0 radical (unpaired) electrons. The summed E-state index contributed by atoms with van der Waals surface area (Å²) in [5, 5.41) is 0. The normalized spacial score (nSPS) is 11.3. The zero-order valence-electron chi connectivity index (χ0n) is 7.72. The number of aromatic nitrogens is 3. The molecule has 5 nitrogen and oxygen atoms in total. The fourth-order valence-electron chi connectivity index (χ4n) is 1.42. The van der Waals surface area contributed by atoms with Crippen LogP contribution in [-0.2, 0) is 0 Å². The maximum atomic E-state index is 11.5. The molecule has 0 unspecified atom stereocenters. The molecule has 3 rings (SSSR count). The molecule has 0 spiro atoms. The van der Waals surface area contributed by atoms with Crippen LogP contribution in [0.1, 0.15) is 5.89 Å². The summed E-state index contributed by atoms with van der Waals surface area (Å²) in [6.45, 7) is 1.64. The SMILES string of the molecule is Cc1nc2c(sc3nccnc32)c(=O)o1. The van der Waals surface area contributed by atoms with E-state index in [1.54, 1.807) is 19.3 Å². The fourth-order valence-corrected chi connectivity index (χ4v) is 2.33. The highest BCUT2D eigenvalue weighted by molar-refractivity contribution is 7.25. The Bertz CT molecular complexity index is 716. The predicted octanol–water partition coefficient (Wildman–Crippen LogP) is 1.50. The van der Waals surface area contributed by atoms with Gasteiger partial charge in [0.15, 0.2) is 5.89 Å². The molecule has 15 heavy (non-hydrogen) atoms. The van der Waals surface area contributed by atoms with E-state index >= 15 is 0 Å². The molecule has 0 atom stereocenters. The zero-order chi connectivity index (χ0) is 10.4. The molecule has 0 fully saturated rings. The quantitative estimate of drug-likeness (QED) is 0.573. The molecule has 0 aliphatic heterocycles. The van der Waals surface area contributed by atoms with Crippen LogP contribution in [0.25, 0.3) is 20.6 Å². The minimum atomic E-state index is -0.373. The average Bonchev–Trinajstić information content (AvgIpc) is 2.57. The average molecular weight is 219 g/mol. The fraction of sp³-hybridized carbons (Fsp3) is 0.111. The van der Waals surface area contributed by atoms with Crippen molar-refractivity contribution in [2.24, 2.45) is 0 Å². The second kappa shape index (κ2) is 2.83. The van der Waals surface area contributed by atoms with Crippen LogP contribution in [0, 0.1) is 6.92 Å². The number of rotatable bonds is 0. The van der Waals surface area contributed by atoms with E-state index < -0.39 is 0 Å². The first kappa shape index (κ1) is 8.49. The van der Waals surface area contributed by atoms with Gasteiger partial charge in [-0.05, 0) is 0 Å². The molecule has 3 aromatic rings. The van der Waals surface area contributed by atoms with Crippen molar-refractivity contribution in [1.29, 1.82) is 0 Å². The van der Waals surface area contributed by atoms with Crippen molar-refractivity contribution < 1.29 is 4.42 Å². The second-order valence-electron chi connectivity index (χ2n) is 3.01. The number of hydrogen-bond acceptors (Lipinski definition) is 6. The molecule has 0 N–H and O–H groups in total. The monoisotopic (exact) mass is 219 g/mol. The molecule has 6 heteroatoms. The number of thiophene rings is 1. The van der Waals surface area contributed by atoms with Crippen molar-refractivity contribution in [1.82, 2.24) is 15.0 Å². The Morgan fingerprint density at radius 1 is 1.27 bits per heavy atom. The van der Waals surface area contributed by atoms with E-state index in [0.717, 1.165) is 0 Å². The number of nitrogens with zero attached hydrogens (tertiary/aromatic N) is 3. The van der Waals surface area contributed by atoms with Crippen molar-refractivity contribution in [2.45, 2.75) is 6.92 Å². The Morgan fingerprint density at radius 2 is 2.07 bits per heavy atom. The van der Waals surface area contributed by atoms with Gasteiger partial charge >= 0.3 is 5.63 Å². The molecular formula is C9H5N3O2S. The Balaban J connectivity index is 2.67. The molecule has 74 valence electrons. The first-order valence-electron chi connectivity index (χ1n) is 4.26. The van der Waals surface area contributed by atoms with E-state index in [-0.39, 0.29) is 5.63 Å². The van der Waals surface area contributed by atoms with Gasteiger partial charge in [-0.25, -0.2) is 19.7 Å². The standard InChI is InChI=1S/C9H5N3O2S/c1-4-12-5-6-8(11-3-2-10-6)15-7(5)9(13)14-4/h2-3H,1H3. The van der Waals surface area contributed by atoms with Gasteiger partial charge in [0, 0.05) is 19.3 Å². The van der Waals surface area contributed by atoms with Crippen molar-refractivity contribution in [2.75, 3.05) is 0 Å². The summed E-state index contributed by atoms with van der Waals surface area (Å²) in [6.07, 6.45) is 3.17. The van der Waals surface area contributed by atoms with E-state index in [4.69, 9.17) is 4.42 Å². The van der Waals surface area contributed by atoms with Gasteiger partial charge in [0.05, 0.1) is 0 Å². The minimum absolute atomic E-state index is 0.345. The number of hydrogen-bond donors (Lipinski definition) is 0. The van der Waals surface area contributed by atoms with Gasteiger partial charge in [-0.1, -0.05) is 0 Å². The van der Waals surface area contributed by atoms with Crippen LogP contribution in [0.5, 0.6) is 0 Å².